The van der Waals surface area contributed by atoms with E-state index in [9.17, 15) is 4.79 Å². The maximum absolute atomic E-state index is 10.6. The van der Waals surface area contributed by atoms with Crippen LogP contribution in [0.25, 0.3) is 16.7 Å². The highest BCUT2D eigenvalue weighted by Crippen LogP contribution is 2.16. The lowest BCUT2D eigenvalue weighted by atomic mass is 10.3. The Morgan fingerprint density at radius 3 is 2.93 bits per heavy atom. The fourth-order valence-corrected chi connectivity index (χ4v) is 1.75. The van der Waals surface area contributed by atoms with Gasteiger partial charge in [-0.1, -0.05) is 12.1 Å². The zero-order valence-electron chi connectivity index (χ0n) is 7.92. The van der Waals surface area contributed by atoms with Crippen LogP contribution in [0, 0.1) is 0 Å². The third kappa shape index (κ3) is 1.13. The number of carbonyl (C=O) groups excluding carboxylic acids is 1. The van der Waals surface area contributed by atoms with Crippen molar-refractivity contribution in [2.75, 3.05) is 0 Å². The van der Waals surface area contributed by atoms with Crippen LogP contribution in [0.15, 0.2) is 42.6 Å². The van der Waals surface area contributed by atoms with E-state index in [0.29, 0.717) is 5.56 Å². The minimum absolute atomic E-state index is 0.651. The van der Waals surface area contributed by atoms with Crippen LogP contribution in [-0.2, 0) is 0 Å². The van der Waals surface area contributed by atoms with Gasteiger partial charge < -0.3 is 0 Å². The molecule has 72 valence electrons. The Hall–Kier alpha value is -2.16. The summed E-state index contributed by atoms with van der Waals surface area (Å²) < 4.78 is 1.97. The summed E-state index contributed by atoms with van der Waals surface area (Å²) in [4.78, 5) is 15.1. The van der Waals surface area contributed by atoms with Gasteiger partial charge in [-0.25, -0.2) is 4.98 Å². The van der Waals surface area contributed by atoms with Crippen LogP contribution in [0.4, 0.5) is 0 Å². The SMILES string of the molecule is O=Cc1ccn2c(c1)nc1ccccc12. The second kappa shape index (κ2) is 2.92. The van der Waals surface area contributed by atoms with Gasteiger partial charge in [0.15, 0.2) is 0 Å². The van der Waals surface area contributed by atoms with Crippen molar-refractivity contribution in [3.63, 3.8) is 0 Å². The van der Waals surface area contributed by atoms with Crippen molar-refractivity contribution in [2.24, 2.45) is 0 Å². The Morgan fingerprint density at radius 1 is 1.20 bits per heavy atom. The Bertz CT molecular complexity index is 655. The number of nitrogens with zero attached hydrogens (tertiary/aromatic N) is 2. The quantitative estimate of drug-likeness (QED) is 0.559. The summed E-state index contributed by atoms with van der Waals surface area (Å²) in [5.74, 6) is 0. The van der Waals surface area contributed by atoms with Gasteiger partial charge in [0.1, 0.15) is 11.9 Å². The number of fused-ring (bicyclic) bond motifs is 3. The molecule has 0 atom stereocenters. The molecule has 0 aliphatic carbocycles. The molecule has 0 saturated carbocycles. The normalized spacial score (nSPS) is 10.9. The molecule has 0 amide bonds. The first-order chi connectivity index (χ1) is 7.38. The number of imidazole rings is 1. The predicted molar refractivity (Wildman–Crippen MR) is 58.1 cm³/mol. The number of aldehydes is 1. The van der Waals surface area contributed by atoms with Crippen molar-refractivity contribution in [1.82, 2.24) is 9.38 Å². The number of aromatic nitrogens is 2. The van der Waals surface area contributed by atoms with E-state index in [1.807, 2.05) is 34.9 Å². The largest absolute Gasteiger partial charge is 0.300 e. The predicted octanol–water partition coefficient (Wildman–Crippen LogP) is 2.30. The molecule has 0 bridgehead atoms. The number of carbonyl (C=O) groups is 1. The first-order valence-electron chi connectivity index (χ1n) is 4.70. The van der Waals surface area contributed by atoms with Crippen LogP contribution in [0.1, 0.15) is 10.4 Å². The van der Waals surface area contributed by atoms with Crippen molar-refractivity contribution in [2.45, 2.75) is 0 Å². The van der Waals surface area contributed by atoms with E-state index >= 15 is 0 Å². The topological polar surface area (TPSA) is 34.4 Å². The fraction of sp³-hybridized carbons (Fsp3) is 0. The van der Waals surface area contributed by atoms with Gasteiger partial charge in [-0.3, -0.25) is 9.20 Å². The number of pyridine rings is 1. The van der Waals surface area contributed by atoms with Crippen molar-refractivity contribution >= 4 is 23.0 Å². The standard InChI is InChI=1S/C12H8N2O/c15-8-9-5-6-14-11-4-2-1-3-10(11)13-12(14)7-9/h1-8H. The van der Waals surface area contributed by atoms with E-state index < -0.39 is 0 Å². The molecule has 0 unspecified atom stereocenters. The smallest absolute Gasteiger partial charge is 0.150 e. The lowest BCUT2D eigenvalue weighted by Gasteiger charge is -1.94. The zero-order chi connectivity index (χ0) is 10.3. The highest BCUT2D eigenvalue weighted by atomic mass is 16.1. The molecule has 0 aliphatic heterocycles. The lowest BCUT2D eigenvalue weighted by molar-refractivity contribution is 0.112. The summed E-state index contributed by atoms with van der Waals surface area (Å²) >= 11 is 0. The molecule has 15 heavy (non-hydrogen) atoms. The first-order valence-corrected chi connectivity index (χ1v) is 4.70. The molecular formula is C12H8N2O. The molecule has 0 radical (unpaired) electrons. The van der Waals surface area contributed by atoms with E-state index in [1.165, 1.54) is 0 Å². The van der Waals surface area contributed by atoms with Crippen LogP contribution < -0.4 is 0 Å². The van der Waals surface area contributed by atoms with Crippen LogP contribution >= 0.6 is 0 Å². The number of benzene rings is 1. The third-order valence-corrected chi connectivity index (χ3v) is 2.47. The van der Waals surface area contributed by atoms with E-state index in [2.05, 4.69) is 4.98 Å². The van der Waals surface area contributed by atoms with Gasteiger partial charge in [-0.05, 0) is 24.3 Å². The second-order valence-electron chi connectivity index (χ2n) is 3.41. The number of para-hydroxylation sites is 2. The van der Waals surface area contributed by atoms with Gasteiger partial charge >= 0.3 is 0 Å². The summed E-state index contributed by atoms with van der Waals surface area (Å²) in [6.45, 7) is 0. The molecule has 1 aromatic carbocycles. The Balaban J connectivity index is 2.48. The van der Waals surface area contributed by atoms with Crippen molar-refractivity contribution in [1.29, 1.82) is 0 Å². The third-order valence-electron chi connectivity index (χ3n) is 2.47. The van der Waals surface area contributed by atoms with Crippen LogP contribution in [0.2, 0.25) is 0 Å². The summed E-state index contributed by atoms with van der Waals surface area (Å²) in [6, 6.07) is 11.5. The van der Waals surface area contributed by atoms with Gasteiger partial charge in [-0.15, -0.1) is 0 Å². The summed E-state index contributed by atoms with van der Waals surface area (Å²) in [7, 11) is 0. The van der Waals surface area contributed by atoms with E-state index in [4.69, 9.17) is 0 Å². The van der Waals surface area contributed by atoms with Gasteiger partial charge in [0.25, 0.3) is 0 Å². The van der Waals surface area contributed by atoms with Crippen molar-refractivity contribution in [3.05, 3.63) is 48.2 Å². The summed E-state index contributed by atoms with van der Waals surface area (Å²) in [5, 5.41) is 0. The molecule has 0 N–H and O–H groups in total. The van der Waals surface area contributed by atoms with Gasteiger partial charge in [0, 0.05) is 11.8 Å². The minimum Gasteiger partial charge on any atom is -0.300 e. The Morgan fingerprint density at radius 2 is 2.07 bits per heavy atom. The average Bonchev–Trinajstić information content (AvgIpc) is 2.66. The molecular weight excluding hydrogens is 188 g/mol. The van der Waals surface area contributed by atoms with Crippen LogP contribution in [-0.4, -0.2) is 15.7 Å². The Labute approximate surface area is 86.0 Å². The summed E-state index contributed by atoms with van der Waals surface area (Å²) in [5.41, 5.74) is 3.46. The highest BCUT2D eigenvalue weighted by Gasteiger charge is 2.03. The summed E-state index contributed by atoms with van der Waals surface area (Å²) in [6.07, 6.45) is 2.70. The maximum atomic E-state index is 10.6. The molecule has 3 nitrogen and oxygen atoms in total. The molecule has 0 spiro atoms. The molecule has 2 heterocycles. The molecule has 3 heteroatoms. The average molecular weight is 196 g/mol. The Kier molecular flexibility index (Phi) is 1.59. The number of hydrogen-bond donors (Lipinski definition) is 0. The fourth-order valence-electron chi connectivity index (χ4n) is 1.75. The van der Waals surface area contributed by atoms with Gasteiger partial charge in [0.2, 0.25) is 0 Å². The van der Waals surface area contributed by atoms with E-state index in [1.54, 1.807) is 12.1 Å². The van der Waals surface area contributed by atoms with E-state index in [-0.39, 0.29) is 0 Å². The first kappa shape index (κ1) is 8.17. The number of rotatable bonds is 1. The molecule has 2 aromatic heterocycles. The molecule has 0 aliphatic rings. The van der Waals surface area contributed by atoms with Crippen molar-refractivity contribution < 1.29 is 4.79 Å². The van der Waals surface area contributed by atoms with Crippen molar-refractivity contribution in [3.8, 4) is 0 Å². The van der Waals surface area contributed by atoms with Crippen LogP contribution in [0.3, 0.4) is 0 Å². The lowest BCUT2D eigenvalue weighted by Crippen LogP contribution is -1.86. The maximum Gasteiger partial charge on any atom is 0.150 e. The molecule has 3 rings (SSSR count). The van der Waals surface area contributed by atoms with Gasteiger partial charge in [-0.2, -0.15) is 0 Å². The minimum atomic E-state index is 0.651. The highest BCUT2D eigenvalue weighted by molar-refractivity contribution is 5.83. The number of hydrogen-bond acceptors (Lipinski definition) is 2. The van der Waals surface area contributed by atoms with Gasteiger partial charge in [0.05, 0.1) is 11.0 Å². The second-order valence-corrected chi connectivity index (χ2v) is 3.41. The van der Waals surface area contributed by atoms with E-state index in [0.717, 1.165) is 23.0 Å². The molecule has 0 saturated heterocycles. The molecule has 0 fully saturated rings. The van der Waals surface area contributed by atoms with Crippen LogP contribution in [0.5, 0.6) is 0 Å². The molecule has 3 aromatic rings. The monoisotopic (exact) mass is 196 g/mol. The zero-order valence-corrected chi connectivity index (χ0v) is 7.92.